The average molecular weight is 327 g/mol. The highest BCUT2D eigenvalue weighted by Crippen LogP contribution is 2.30. The first-order chi connectivity index (χ1) is 8.91. The lowest BCUT2D eigenvalue weighted by Crippen LogP contribution is -2.42. The van der Waals surface area contributed by atoms with Crippen LogP contribution < -0.4 is 5.73 Å². The van der Waals surface area contributed by atoms with E-state index < -0.39 is 5.60 Å². The van der Waals surface area contributed by atoms with Crippen LogP contribution >= 0.6 is 15.9 Å². The zero-order valence-corrected chi connectivity index (χ0v) is 12.6. The maximum absolute atomic E-state index is 12.3. The van der Waals surface area contributed by atoms with Gasteiger partial charge in [0.25, 0.3) is 5.91 Å². The van der Waals surface area contributed by atoms with Crippen LogP contribution in [0, 0.1) is 0 Å². The average Bonchev–Trinajstić information content (AvgIpc) is 2.75. The molecule has 1 aromatic carbocycles. The second-order valence-electron chi connectivity index (χ2n) is 5.32. The van der Waals surface area contributed by atoms with Crippen molar-refractivity contribution in [1.29, 1.82) is 0 Å². The van der Waals surface area contributed by atoms with E-state index in [0.29, 0.717) is 17.8 Å². The number of nitrogen functional groups attached to an aromatic ring is 1. The van der Waals surface area contributed by atoms with Crippen molar-refractivity contribution < 1.29 is 9.90 Å². The highest BCUT2D eigenvalue weighted by molar-refractivity contribution is 9.10. The molecule has 1 aliphatic rings. The molecular formula is C14H19BrN2O2. The summed E-state index contributed by atoms with van der Waals surface area (Å²) in [6.07, 6.45) is 3.58. The van der Waals surface area contributed by atoms with Crippen LogP contribution in [0.15, 0.2) is 22.7 Å². The minimum atomic E-state index is -0.728. The van der Waals surface area contributed by atoms with E-state index in [1.54, 1.807) is 30.1 Å². The second-order valence-corrected chi connectivity index (χ2v) is 6.24. The van der Waals surface area contributed by atoms with Crippen molar-refractivity contribution in [3.8, 4) is 0 Å². The summed E-state index contributed by atoms with van der Waals surface area (Å²) in [5.74, 6) is -0.148. The molecule has 0 bridgehead atoms. The van der Waals surface area contributed by atoms with Gasteiger partial charge in [-0.15, -0.1) is 0 Å². The van der Waals surface area contributed by atoms with E-state index in [1.165, 1.54) is 0 Å². The summed E-state index contributed by atoms with van der Waals surface area (Å²) >= 11 is 3.32. The van der Waals surface area contributed by atoms with Crippen LogP contribution in [0.2, 0.25) is 0 Å². The molecule has 19 heavy (non-hydrogen) atoms. The van der Waals surface area contributed by atoms with Crippen LogP contribution in [-0.4, -0.2) is 35.1 Å². The van der Waals surface area contributed by atoms with Crippen LogP contribution in [-0.2, 0) is 0 Å². The lowest BCUT2D eigenvalue weighted by molar-refractivity contribution is 0.0157. The summed E-state index contributed by atoms with van der Waals surface area (Å²) in [5, 5.41) is 10.3. The standard InChI is InChI=1S/C14H19BrN2O2/c1-17(9-14(19)6-2-3-7-14)13(18)11-5-4-10(15)8-12(11)16/h4-5,8,19H,2-3,6-7,9,16H2,1H3. The number of halogens is 1. The Morgan fingerprint density at radius 3 is 2.68 bits per heavy atom. The third kappa shape index (κ3) is 3.28. The smallest absolute Gasteiger partial charge is 0.255 e. The van der Waals surface area contributed by atoms with Crippen molar-refractivity contribution >= 4 is 27.5 Å². The summed E-state index contributed by atoms with van der Waals surface area (Å²) in [6, 6.07) is 5.21. The molecule has 1 fully saturated rings. The number of nitrogens with two attached hydrogens (primary N) is 1. The first-order valence-electron chi connectivity index (χ1n) is 6.44. The Bertz CT molecular complexity index is 484. The van der Waals surface area contributed by atoms with E-state index in [1.807, 2.05) is 0 Å². The molecule has 1 aliphatic carbocycles. The minimum absolute atomic E-state index is 0.148. The molecule has 1 amide bonds. The van der Waals surface area contributed by atoms with Gasteiger partial charge in [0.2, 0.25) is 0 Å². The molecular weight excluding hydrogens is 308 g/mol. The van der Waals surface area contributed by atoms with Gasteiger partial charge in [0, 0.05) is 23.8 Å². The largest absolute Gasteiger partial charge is 0.398 e. The Labute approximate surface area is 121 Å². The number of carbonyl (C=O) groups excluding carboxylic acids is 1. The zero-order chi connectivity index (χ0) is 14.0. The quantitative estimate of drug-likeness (QED) is 0.838. The third-order valence-electron chi connectivity index (χ3n) is 3.66. The lowest BCUT2D eigenvalue weighted by atomic mass is 10.0. The number of aliphatic hydroxyl groups is 1. The van der Waals surface area contributed by atoms with Gasteiger partial charge in [-0.25, -0.2) is 0 Å². The number of carbonyl (C=O) groups is 1. The van der Waals surface area contributed by atoms with Crippen LogP contribution in [0.25, 0.3) is 0 Å². The van der Waals surface area contributed by atoms with Gasteiger partial charge in [-0.3, -0.25) is 4.79 Å². The molecule has 3 N–H and O–H groups in total. The van der Waals surface area contributed by atoms with Crippen molar-refractivity contribution in [1.82, 2.24) is 4.90 Å². The lowest BCUT2D eigenvalue weighted by Gasteiger charge is -2.29. The van der Waals surface area contributed by atoms with E-state index in [0.717, 1.165) is 30.2 Å². The van der Waals surface area contributed by atoms with Gasteiger partial charge in [0.15, 0.2) is 0 Å². The Kier molecular flexibility index (Phi) is 4.16. The van der Waals surface area contributed by atoms with Gasteiger partial charge in [-0.05, 0) is 31.0 Å². The Balaban J connectivity index is 2.10. The number of nitrogens with zero attached hydrogens (tertiary/aromatic N) is 1. The monoisotopic (exact) mass is 326 g/mol. The van der Waals surface area contributed by atoms with Crippen LogP contribution in [0.4, 0.5) is 5.69 Å². The SMILES string of the molecule is CN(CC1(O)CCCC1)C(=O)c1ccc(Br)cc1N. The fourth-order valence-corrected chi connectivity index (χ4v) is 3.02. The molecule has 0 heterocycles. The van der Waals surface area contributed by atoms with E-state index in [4.69, 9.17) is 5.73 Å². The summed E-state index contributed by atoms with van der Waals surface area (Å²) < 4.78 is 0.846. The number of likely N-dealkylation sites (N-methyl/N-ethyl adjacent to an activating group) is 1. The maximum Gasteiger partial charge on any atom is 0.255 e. The van der Waals surface area contributed by atoms with Crippen LogP contribution in [0.1, 0.15) is 36.0 Å². The topological polar surface area (TPSA) is 66.6 Å². The maximum atomic E-state index is 12.3. The zero-order valence-electron chi connectivity index (χ0n) is 11.0. The number of rotatable bonds is 3. The molecule has 0 spiro atoms. The predicted molar refractivity (Wildman–Crippen MR) is 78.9 cm³/mol. The Morgan fingerprint density at radius 1 is 1.47 bits per heavy atom. The molecule has 4 nitrogen and oxygen atoms in total. The van der Waals surface area contributed by atoms with Crippen molar-refractivity contribution in [3.63, 3.8) is 0 Å². The van der Waals surface area contributed by atoms with Crippen molar-refractivity contribution in [3.05, 3.63) is 28.2 Å². The van der Waals surface area contributed by atoms with Crippen molar-refractivity contribution in [2.45, 2.75) is 31.3 Å². The van der Waals surface area contributed by atoms with E-state index in [9.17, 15) is 9.90 Å². The van der Waals surface area contributed by atoms with Gasteiger partial charge in [0.05, 0.1) is 11.2 Å². The molecule has 1 saturated carbocycles. The molecule has 0 aromatic heterocycles. The molecule has 0 aliphatic heterocycles. The summed E-state index contributed by atoms with van der Waals surface area (Å²) in [5.41, 5.74) is 6.06. The van der Waals surface area contributed by atoms with E-state index >= 15 is 0 Å². The number of hydrogen-bond donors (Lipinski definition) is 2. The number of hydrogen-bond acceptors (Lipinski definition) is 3. The first-order valence-corrected chi connectivity index (χ1v) is 7.23. The highest BCUT2D eigenvalue weighted by atomic mass is 79.9. The molecule has 0 radical (unpaired) electrons. The van der Waals surface area contributed by atoms with Crippen LogP contribution in [0.5, 0.6) is 0 Å². The van der Waals surface area contributed by atoms with Crippen LogP contribution in [0.3, 0.4) is 0 Å². The predicted octanol–water partition coefficient (Wildman–Crippen LogP) is 2.41. The third-order valence-corrected chi connectivity index (χ3v) is 4.15. The summed E-state index contributed by atoms with van der Waals surface area (Å²) in [4.78, 5) is 13.9. The molecule has 1 aromatic rings. The van der Waals surface area contributed by atoms with Crippen molar-refractivity contribution in [2.24, 2.45) is 0 Å². The van der Waals surface area contributed by atoms with E-state index in [-0.39, 0.29) is 5.91 Å². The summed E-state index contributed by atoms with van der Waals surface area (Å²) in [7, 11) is 1.71. The minimum Gasteiger partial charge on any atom is -0.398 e. The molecule has 104 valence electrons. The summed E-state index contributed by atoms with van der Waals surface area (Å²) in [6.45, 7) is 0.362. The van der Waals surface area contributed by atoms with Gasteiger partial charge in [-0.1, -0.05) is 28.8 Å². The second kappa shape index (κ2) is 5.51. The van der Waals surface area contributed by atoms with Gasteiger partial charge >= 0.3 is 0 Å². The van der Waals surface area contributed by atoms with Gasteiger partial charge in [0.1, 0.15) is 0 Å². The number of benzene rings is 1. The fraction of sp³-hybridized carbons (Fsp3) is 0.500. The molecule has 2 rings (SSSR count). The van der Waals surface area contributed by atoms with Crippen molar-refractivity contribution in [2.75, 3.05) is 19.3 Å². The number of amides is 1. The number of anilines is 1. The fourth-order valence-electron chi connectivity index (χ4n) is 2.64. The molecule has 0 atom stereocenters. The molecule has 5 heteroatoms. The molecule has 0 saturated heterocycles. The molecule has 0 unspecified atom stereocenters. The Hall–Kier alpha value is -1.07. The normalized spacial score (nSPS) is 17.4. The highest BCUT2D eigenvalue weighted by Gasteiger charge is 2.33. The van der Waals surface area contributed by atoms with E-state index in [2.05, 4.69) is 15.9 Å². The van der Waals surface area contributed by atoms with Gasteiger partial charge in [-0.2, -0.15) is 0 Å². The first kappa shape index (κ1) is 14.3. The Morgan fingerprint density at radius 2 is 2.11 bits per heavy atom. The van der Waals surface area contributed by atoms with Gasteiger partial charge < -0.3 is 15.7 Å².